The second kappa shape index (κ2) is 2.81. The van der Waals surface area contributed by atoms with Crippen LogP contribution in [0.25, 0.3) is 0 Å². The van der Waals surface area contributed by atoms with E-state index in [4.69, 9.17) is 0 Å². The summed E-state index contributed by atoms with van der Waals surface area (Å²) < 4.78 is 71.3. The van der Waals surface area contributed by atoms with Crippen molar-refractivity contribution >= 4 is 0 Å². The van der Waals surface area contributed by atoms with Gasteiger partial charge >= 0.3 is 12.4 Å². The third kappa shape index (κ3) is 1.67. The smallest absolute Gasteiger partial charge is 0.170 e. The lowest BCUT2D eigenvalue weighted by atomic mass is 9.86. The molecule has 0 rings (SSSR count). The van der Waals surface area contributed by atoms with Crippen molar-refractivity contribution in [2.75, 3.05) is 0 Å². The molecule has 0 aliphatic rings. The largest absolute Gasteiger partial charge is 0.402 e. The molecule has 0 N–H and O–H groups in total. The maximum Gasteiger partial charge on any atom is 0.402 e. The van der Waals surface area contributed by atoms with Gasteiger partial charge in [-0.25, -0.2) is 0 Å². The summed E-state index contributed by atoms with van der Waals surface area (Å²) in [6, 6.07) is 0. The van der Waals surface area contributed by atoms with Gasteiger partial charge in [-0.3, -0.25) is 0 Å². The molecule has 0 unspecified atom stereocenters. The zero-order valence-electron chi connectivity index (χ0n) is 6.47. The summed E-state index contributed by atoms with van der Waals surface area (Å²) in [7, 11) is 0. The van der Waals surface area contributed by atoms with Gasteiger partial charge in [-0.1, -0.05) is 6.92 Å². The van der Waals surface area contributed by atoms with E-state index in [2.05, 4.69) is 0 Å². The average molecular weight is 194 g/mol. The molecule has 0 aromatic rings. The number of rotatable bonds is 1. The van der Waals surface area contributed by atoms with Crippen molar-refractivity contribution in [1.82, 2.24) is 0 Å². The summed E-state index contributed by atoms with van der Waals surface area (Å²) in [5.41, 5.74) is -3.58. The molecule has 0 atom stereocenters. The molecule has 0 saturated heterocycles. The van der Waals surface area contributed by atoms with Crippen LogP contribution in [0.4, 0.5) is 26.3 Å². The number of halogens is 6. The molecular formula is C6H8F6. The maximum atomic E-state index is 11.9. The minimum atomic E-state index is -5.24. The van der Waals surface area contributed by atoms with Crippen LogP contribution in [0.15, 0.2) is 0 Å². The van der Waals surface area contributed by atoms with Crippen molar-refractivity contribution in [3.63, 3.8) is 0 Å². The Kier molecular flexibility index (Phi) is 2.71. The Labute approximate surface area is 65.6 Å². The number of hydrogen-bond acceptors (Lipinski definition) is 0. The van der Waals surface area contributed by atoms with E-state index in [1.54, 1.807) is 0 Å². The lowest BCUT2D eigenvalue weighted by Gasteiger charge is -2.32. The van der Waals surface area contributed by atoms with Crippen molar-refractivity contribution in [3.05, 3.63) is 0 Å². The first kappa shape index (κ1) is 11.6. The second-order valence-electron chi connectivity index (χ2n) is 2.68. The Morgan fingerprint density at radius 3 is 1.08 bits per heavy atom. The average Bonchev–Trinajstić information content (AvgIpc) is 1.81. The first-order valence-corrected chi connectivity index (χ1v) is 3.19. The molecule has 0 aliphatic carbocycles. The molecule has 0 amide bonds. The van der Waals surface area contributed by atoms with E-state index in [1.807, 2.05) is 0 Å². The summed E-state index contributed by atoms with van der Waals surface area (Å²) >= 11 is 0. The summed E-state index contributed by atoms with van der Waals surface area (Å²) in [6.45, 7) is 1.02. The van der Waals surface area contributed by atoms with E-state index in [-0.39, 0.29) is 6.92 Å². The highest BCUT2D eigenvalue weighted by Crippen LogP contribution is 2.51. The highest BCUT2D eigenvalue weighted by atomic mass is 19.4. The van der Waals surface area contributed by atoms with Gasteiger partial charge in [0.1, 0.15) is 0 Å². The van der Waals surface area contributed by atoms with Crippen molar-refractivity contribution in [2.24, 2.45) is 5.41 Å². The van der Waals surface area contributed by atoms with E-state index < -0.39 is 24.2 Å². The van der Waals surface area contributed by atoms with E-state index in [1.165, 1.54) is 0 Å². The first-order chi connectivity index (χ1) is 5.06. The van der Waals surface area contributed by atoms with Gasteiger partial charge < -0.3 is 0 Å². The van der Waals surface area contributed by atoms with Crippen molar-refractivity contribution < 1.29 is 26.3 Å². The fourth-order valence-corrected chi connectivity index (χ4v) is 0.562. The summed E-state index contributed by atoms with van der Waals surface area (Å²) in [5, 5.41) is 0. The molecule has 0 bridgehead atoms. The summed E-state index contributed by atoms with van der Waals surface area (Å²) in [6.07, 6.45) is -11.5. The van der Waals surface area contributed by atoms with Crippen LogP contribution in [0, 0.1) is 5.41 Å². The van der Waals surface area contributed by atoms with E-state index in [0.717, 1.165) is 6.92 Å². The van der Waals surface area contributed by atoms with Crippen LogP contribution in [0.3, 0.4) is 0 Å². The molecule has 74 valence electrons. The van der Waals surface area contributed by atoms with Crippen LogP contribution in [0.5, 0.6) is 0 Å². The molecule has 0 spiro atoms. The molecule has 6 heteroatoms. The third-order valence-corrected chi connectivity index (χ3v) is 1.96. The van der Waals surface area contributed by atoms with E-state index in [9.17, 15) is 26.3 Å². The lowest BCUT2D eigenvalue weighted by molar-refractivity contribution is -0.335. The SMILES string of the molecule is CCC(C)(C(F)(F)F)C(F)(F)F. The van der Waals surface area contributed by atoms with Crippen LogP contribution in [-0.4, -0.2) is 12.4 Å². The normalized spacial score (nSPS) is 15.0. The fraction of sp³-hybridized carbons (Fsp3) is 1.00. The molecule has 0 aromatic heterocycles. The van der Waals surface area contributed by atoms with Gasteiger partial charge in [0, 0.05) is 0 Å². The van der Waals surface area contributed by atoms with E-state index >= 15 is 0 Å². The Hall–Kier alpha value is -0.420. The van der Waals surface area contributed by atoms with Crippen LogP contribution in [0.2, 0.25) is 0 Å². The standard InChI is InChI=1S/C6H8F6/c1-3-4(2,5(7,8)9)6(10,11)12/h3H2,1-2H3. The van der Waals surface area contributed by atoms with Crippen molar-refractivity contribution in [1.29, 1.82) is 0 Å². The van der Waals surface area contributed by atoms with Gasteiger partial charge in [0.25, 0.3) is 0 Å². The summed E-state index contributed by atoms with van der Waals surface area (Å²) in [4.78, 5) is 0. The molecule has 0 aromatic carbocycles. The summed E-state index contributed by atoms with van der Waals surface area (Å²) in [5.74, 6) is 0. The Morgan fingerprint density at radius 2 is 1.08 bits per heavy atom. The Morgan fingerprint density at radius 1 is 0.833 bits per heavy atom. The predicted molar refractivity (Wildman–Crippen MR) is 30.5 cm³/mol. The van der Waals surface area contributed by atoms with Crippen LogP contribution < -0.4 is 0 Å². The Balaban J connectivity index is 4.95. The molecule has 0 heterocycles. The van der Waals surface area contributed by atoms with Crippen LogP contribution in [-0.2, 0) is 0 Å². The topological polar surface area (TPSA) is 0 Å². The third-order valence-electron chi connectivity index (χ3n) is 1.96. The second-order valence-corrected chi connectivity index (χ2v) is 2.68. The molecule has 0 saturated carbocycles. The highest BCUT2D eigenvalue weighted by molar-refractivity contribution is 4.87. The zero-order chi connectivity index (χ0) is 10.2. The van der Waals surface area contributed by atoms with E-state index in [0.29, 0.717) is 0 Å². The number of alkyl halides is 6. The zero-order valence-corrected chi connectivity index (χ0v) is 6.47. The van der Waals surface area contributed by atoms with Crippen LogP contribution >= 0.6 is 0 Å². The Bertz CT molecular complexity index is 138. The van der Waals surface area contributed by atoms with Gasteiger partial charge in [0.05, 0.1) is 0 Å². The van der Waals surface area contributed by atoms with Gasteiger partial charge in [0.15, 0.2) is 5.41 Å². The fourth-order valence-electron chi connectivity index (χ4n) is 0.562. The molecule has 0 radical (unpaired) electrons. The van der Waals surface area contributed by atoms with Crippen LogP contribution in [0.1, 0.15) is 20.3 Å². The van der Waals surface area contributed by atoms with Gasteiger partial charge in [0.2, 0.25) is 0 Å². The molecular weight excluding hydrogens is 186 g/mol. The van der Waals surface area contributed by atoms with Gasteiger partial charge in [-0.15, -0.1) is 0 Å². The predicted octanol–water partition coefficient (Wildman–Crippen LogP) is 3.53. The highest BCUT2D eigenvalue weighted by Gasteiger charge is 2.66. The number of hydrogen-bond donors (Lipinski definition) is 0. The van der Waals surface area contributed by atoms with Crippen molar-refractivity contribution in [3.8, 4) is 0 Å². The first-order valence-electron chi connectivity index (χ1n) is 3.19. The monoisotopic (exact) mass is 194 g/mol. The molecule has 0 nitrogen and oxygen atoms in total. The molecule has 0 fully saturated rings. The minimum absolute atomic E-state index is 0.160. The molecule has 12 heavy (non-hydrogen) atoms. The van der Waals surface area contributed by atoms with Gasteiger partial charge in [-0.05, 0) is 13.3 Å². The molecule has 0 aliphatic heterocycles. The minimum Gasteiger partial charge on any atom is -0.170 e. The van der Waals surface area contributed by atoms with Gasteiger partial charge in [-0.2, -0.15) is 26.3 Å². The quantitative estimate of drug-likeness (QED) is 0.560. The lowest BCUT2D eigenvalue weighted by Crippen LogP contribution is -2.47. The van der Waals surface area contributed by atoms with Crippen molar-refractivity contribution in [2.45, 2.75) is 32.6 Å². The maximum absolute atomic E-state index is 11.9.